The van der Waals surface area contributed by atoms with Crippen LogP contribution < -0.4 is 5.73 Å². The second-order valence-corrected chi connectivity index (χ2v) is 4.23. The molecule has 0 fully saturated rings. The highest BCUT2D eigenvalue weighted by molar-refractivity contribution is 14.1. The van der Waals surface area contributed by atoms with Crippen molar-refractivity contribution in [1.29, 1.82) is 0 Å². The number of nitrogens with zero attached hydrogens (tertiary/aromatic N) is 1. The van der Waals surface area contributed by atoms with Gasteiger partial charge in [0, 0.05) is 18.3 Å². The van der Waals surface area contributed by atoms with E-state index in [1.54, 1.807) is 23.3 Å². The Kier molecular flexibility index (Phi) is 4.13. The molecule has 1 atom stereocenters. The zero-order chi connectivity index (χ0) is 11.4. The summed E-state index contributed by atoms with van der Waals surface area (Å²) in [5, 5.41) is 8.55. The van der Waals surface area contributed by atoms with Gasteiger partial charge in [0.15, 0.2) is 0 Å². The van der Waals surface area contributed by atoms with Crippen molar-refractivity contribution in [1.82, 2.24) is 4.90 Å². The van der Waals surface area contributed by atoms with Crippen molar-refractivity contribution in [2.45, 2.75) is 10.5 Å². The summed E-state index contributed by atoms with van der Waals surface area (Å²) in [7, 11) is 0. The predicted molar refractivity (Wildman–Crippen MR) is 63.2 cm³/mol. The number of allylic oxidation sites excluding steroid dienone is 2. The Hall–Kier alpha value is -1.05. The van der Waals surface area contributed by atoms with Crippen molar-refractivity contribution in [3.8, 4) is 0 Å². The van der Waals surface area contributed by atoms with Gasteiger partial charge in [0.25, 0.3) is 0 Å². The monoisotopic (exact) mass is 322 g/mol. The van der Waals surface area contributed by atoms with Crippen molar-refractivity contribution in [3.05, 3.63) is 23.9 Å². The third-order valence-corrected chi connectivity index (χ3v) is 3.36. The van der Waals surface area contributed by atoms with Crippen molar-refractivity contribution < 1.29 is 14.7 Å². The van der Waals surface area contributed by atoms with Gasteiger partial charge >= 0.3 is 5.97 Å². The fraction of sp³-hybridized carbons (Fsp3) is 0.333. The Bertz CT molecular complexity index is 338. The molecule has 0 saturated carbocycles. The van der Waals surface area contributed by atoms with Gasteiger partial charge in [-0.05, 0) is 12.2 Å². The van der Waals surface area contributed by atoms with Crippen LogP contribution >= 0.6 is 22.6 Å². The summed E-state index contributed by atoms with van der Waals surface area (Å²) in [4.78, 5) is 23.2. The van der Waals surface area contributed by atoms with Gasteiger partial charge in [-0.3, -0.25) is 9.59 Å². The molecule has 0 radical (unpaired) electrons. The number of nitrogens with two attached hydrogens (primary N) is 1. The number of carbonyl (C=O) groups excluding carboxylic acids is 1. The summed E-state index contributed by atoms with van der Waals surface area (Å²) < 4.78 is -0.190. The van der Waals surface area contributed by atoms with Crippen LogP contribution in [0.4, 0.5) is 0 Å². The summed E-state index contributed by atoms with van der Waals surface area (Å²) in [5.41, 5.74) is 5.68. The lowest BCUT2D eigenvalue weighted by molar-refractivity contribution is -0.137. The van der Waals surface area contributed by atoms with Crippen molar-refractivity contribution in [2.75, 3.05) is 6.54 Å². The third kappa shape index (κ3) is 3.22. The zero-order valence-electron chi connectivity index (χ0n) is 7.89. The Morgan fingerprint density at radius 1 is 1.60 bits per heavy atom. The number of halogens is 1. The van der Waals surface area contributed by atoms with E-state index in [-0.39, 0.29) is 10.5 Å². The Morgan fingerprint density at radius 2 is 2.27 bits per heavy atom. The molecule has 0 aromatic carbocycles. The predicted octanol–water partition coefficient (Wildman–Crippen LogP) is 0.463. The fourth-order valence-electron chi connectivity index (χ4n) is 1.20. The number of rotatable bonds is 4. The Balaban J connectivity index is 2.64. The maximum atomic E-state index is 11.0. The highest BCUT2D eigenvalue weighted by Gasteiger charge is 2.22. The molecule has 0 saturated heterocycles. The van der Waals surface area contributed by atoms with E-state index in [0.29, 0.717) is 12.1 Å². The van der Waals surface area contributed by atoms with E-state index in [1.807, 2.05) is 0 Å². The minimum atomic E-state index is -0.859. The number of aliphatic carboxylic acids is 1. The number of carboxylic acid groups (broad SMARTS) is 1. The molecule has 82 valence electrons. The van der Waals surface area contributed by atoms with Crippen LogP contribution in [0.15, 0.2) is 23.9 Å². The van der Waals surface area contributed by atoms with Gasteiger partial charge in [0.05, 0.1) is 6.42 Å². The number of amides is 1. The van der Waals surface area contributed by atoms with Crippen LogP contribution in [0.2, 0.25) is 0 Å². The molecule has 0 aromatic heterocycles. The zero-order valence-corrected chi connectivity index (χ0v) is 10.0. The lowest BCUT2D eigenvalue weighted by atomic mass is 10.1. The summed E-state index contributed by atoms with van der Waals surface area (Å²) in [6.45, 7) is 0.365. The van der Waals surface area contributed by atoms with Gasteiger partial charge in [0.2, 0.25) is 5.91 Å². The van der Waals surface area contributed by atoms with Crippen LogP contribution in [-0.4, -0.2) is 32.5 Å². The summed E-state index contributed by atoms with van der Waals surface area (Å²) in [6.07, 6.45) is 5.14. The largest absolute Gasteiger partial charge is 0.481 e. The second kappa shape index (κ2) is 5.15. The summed E-state index contributed by atoms with van der Waals surface area (Å²) >= 11 is 2.06. The maximum Gasteiger partial charge on any atom is 0.305 e. The fourth-order valence-corrected chi connectivity index (χ4v) is 2.18. The van der Waals surface area contributed by atoms with Gasteiger partial charge in [-0.1, -0.05) is 22.6 Å². The molecule has 3 N–H and O–H groups in total. The lowest BCUT2D eigenvalue weighted by Crippen LogP contribution is -2.35. The van der Waals surface area contributed by atoms with E-state index in [1.165, 1.54) is 0 Å². The molecule has 0 aliphatic carbocycles. The number of carbonyl (C=O) groups is 2. The second-order valence-electron chi connectivity index (χ2n) is 3.05. The van der Waals surface area contributed by atoms with Gasteiger partial charge in [-0.25, -0.2) is 0 Å². The van der Waals surface area contributed by atoms with E-state index in [0.717, 1.165) is 0 Å². The molecule has 1 unspecified atom stereocenters. The molecule has 1 amide bonds. The molecule has 15 heavy (non-hydrogen) atoms. The number of alkyl halides is 1. The molecular formula is C9H11IN2O3. The van der Waals surface area contributed by atoms with Gasteiger partial charge in [-0.2, -0.15) is 0 Å². The number of hydrogen-bond donors (Lipinski definition) is 2. The topological polar surface area (TPSA) is 83.6 Å². The Labute approximate surface area is 101 Å². The van der Waals surface area contributed by atoms with E-state index in [4.69, 9.17) is 10.8 Å². The number of primary amides is 1. The summed E-state index contributed by atoms with van der Waals surface area (Å²) in [5.74, 6) is -1.33. The molecule has 1 aliphatic heterocycles. The minimum absolute atomic E-state index is 0.0376. The molecule has 1 heterocycles. The van der Waals surface area contributed by atoms with E-state index in [9.17, 15) is 9.59 Å². The molecule has 5 nitrogen and oxygen atoms in total. The number of hydrogen-bond acceptors (Lipinski definition) is 3. The highest BCUT2D eigenvalue weighted by Crippen LogP contribution is 2.22. The van der Waals surface area contributed by atoms with Crippen LogP contribution in [0.5, 0.6) is 0 Å². The molecular weight excluding hydrogens is 311 g/mol. The molecule has 1 aliphatic rings. The first-order valence-electron chi connectivity index (χ1n) is 4.32. The van der Waals surface area contributed by atoms with E-state index >= 15 is 0 Å². The van der Waals surface area contributed by atoms with Crippen molar-refractivity contribution in [2.24, 2.45) is 5.73 Å². The number of carboxylic acids is 1. The molecule has 0 bridgehead atoms. The standard InChI is InChI=1S/C9H11IN2O3/c10-8-6(9(11)15)2-1-4-12(8)5-3-7(13)14/h1-2,4,8H,3,5H2,(H2,11,15)(H,13,14). The van der Waals surface area contributed by atoms with E-state index < -0.39 is 11.9 Å². The SMILES string of the molecule is NC(=O)C1=CC=CN(CCC(=O)O)C1I. The van der Waals surface area contributed by atoms with Gasteiger partial charge in [-0.15, -0.1) is 0 Å². The quantitative estimate of drug-likeness (QED) is 0.448. The van der Waals surface area contributed by atoms with E-state index in [2.05, 4.69) is 22.6 Å². The summed E-state index contributed by atoms with van der Waals surface area (Å²) in [6, 6.07) is 0. The normalized spacial score (nSPS) is 19.9. The average molecular weight is 322 g/mol. The van der Waals surface area contributed by atoms with Crippen LogP contribution in [-0.2, 0) is 9.59 Å². The molecule has 6 heteroatoms. The van der Waals surface area contributed by atoms with Gasteiger partial charge in [0.1, 0.15) is 4.05 Å². The van der Waals surface area contributed by atoms with Gasteiger partial charge < -0.3 is 15.7 Å². The smallest absolute Gasteiger partial charge is 0.305 e. The minimum Gasteiger partial charge on any atom is -0.481 e. The highest BCUT2D eigenvalue weighted by atomic mass is 127. The van der Waals surface area contributed by atoms with Crippen LogP contribution in [0, 0.1) is 0 Å². The molecule has 0 aromatic rings. The first-order valence-corrected chi connectivity index (χ1v) is 5.56. The Morgan fingerprint density at radius 3 is 2.80 bits per heavy atom. The van der Waals surface area contributed by atoms with Crippen LogP contribution in [0.1, 0.15) is 6.42 Å². The van der Waals surface area contributed by atoms with Crippen LogP contribution in [0.3, 0.4) is 0 Å². The first kappa shape index (κ1) is 12.0. The lowest BCUT2D eigenvalue weighted by Gasteiger charge is -2.28. The molecule has 0 spiro atoms. The van der Waals surface area contributed by atoms with Crippen molar-refractivity contribution >= 4 is 34.5 Å². The first-order chi connectivity index (χ1) is 7.02. The van der Waals surface area contributed by atoms with Crippen LogP contribution in [0.25, 0.3) is 0 Å². The third-order valence-electron chi connectivity index (χ3n) is 1.97. The van der Waals surface area contributed by atoms with Crippen molar-refractivity contribution in [3.63, 3.8) is 0 Å². The molecule has 1 rings (SSSR count). The average Bonchev–Trinajstić information content (AvgIpc) is 2.15. The maximum absolute atomic E-state index is 11.0.